The molecule has 0 bridgehead atoms. The first-order chi connectivity index (χ1) is 15.5. The fourth-order valence-corrected chi connectivity index (χ4v) is 3.71. The van der Waals surface area contributed by atoms with E-state index in [-0.39, 0.29) is 5.57 Å². The largest absolute Gasteiger partial charge is 0.503 e. The van der Waals surface area contributed by atoms with Gasteiger partial charge in [0.25, 0.3) is 5.91 Å². The Kier molecular flexibility index (Phi) is 7.68. The first-order valence-electron chi connectivity index (χ1n) is 10.2. The van der Waals surface area contributed by atoms with Crippen LogP contribution in [0.1, 0.15) is 23.6 Å². The molecule has 1 N–H and O–H groups in total. The van der Waals surface area contributed by atoms with Gasteiger partial charge in [0.15, 0.2) is 23.0 Å². The highest BCUT2D eigenvalue weighted by Crippen LogP contribution is 2.41. The lowest BCUT2D eigenvalue weighted by atomic mass is 9.95. The van der Waals surface area contributed by atoms with Crippen molar-refractivity contribution in [2.45, 2.75) is 12.5 Å². The van der Waals surface area contributed by atoms with Crippen LogP contribution in [0.4, 0.5) is 0 Å². The lowest BCUT2D eigenvalue weighted by Crippen LogP contribution is -2.32. The second-order valence-electron chi connectivity index (χ2n) is 7.23. The van der Waals surface area contributed by atoms with Gasteiger partial charge in [0.2, 0.25) is 0 Å². The summed E-state index contributed by atoms with van der Waals surface area (Å²) in [6, 6.07) is 13.8. The maximum atomic E-state index is 13.1. The quantitative estimate of drug-likeness (QED) is 0.450. The lowest BCUT2D eigenvalue weighted by Gasteiger charge is -2.27. The predicted molar refractivity (Wildman–Crippen MR) is 121 cm³/mol. The summed E-state index contributed by atoms with van der Waals surface area (Å²) in [5.74, 6) is -0.570. The summed E-state index contributed by atoms with van der Waals surface area (Å²) >= 11 is 0. The van der Waals surface area contributed by atoms with Gasteiger partial charge in [-0.3, -0.25) is 9.59 Å². The Bertz CT molecular complexity index is 1030. The minimum Gasteiger partial charge on any atom is -0.503 e. The number of aliphatic hydroxyl groups is 1. The van der Waals surface area contributed by atoms with E-state index >= 15 is 0 Å². The van der Waals surface area contributed by atoms with E-state index in [1.807, 2.05) is 30.3 Å². The Labute approximate surface area is 187 Å². The second-order valence-corrected chi connectivity index (χ2v) is 7.23. The standard InChI is InChI=1S/C25H27NO6/c1-30-15-7-14-26-23(18-11-13-20(31-2)21(16-18)32-3)22(24(28)25(26)29)19(27)12-10-17-8-5-4-6-9-17/h4-6,8-13,16,23,28H,7,14-15H2,1-3H3. The molecule has 7 nitrogen and oxygen atoms in total. The van der Waals surface area contributed by atoms with Crippen LogP contribution in [0.15, 0.2) is 65.9 Å². The van der Waals surface area contributed by atoms with E-state index in [2.05, 4.69) is 0 Å². The number of rotatable bonds is 10. The number of hydrogen-bond acceptors (Lipinski definition) is 6. The molecule has 1 amide bonds. The zero-order valence-corrected chi connectivity index (χ0v) is 18.4. The Hall–Kier alpha value is -3.58. The average Bonchev–Trinajstić information content (AvgIpc) is 3.08. The van der Waals surface area contributed by atoms with Gasteiger partial charge >= 0.3 is 0 Å². The third-order valence-corrected chi connectivity index (χ3v) is 5.27. The second kappa shape index (κ2) is 10.6. The molecule has 3 rings (SSSR count). The molecule has 0 fully saturated rings. The van der Waals surface area contributed by atoms with Crippen molar-refractivity contribution in [3.8, 4) is 11.5 Å². The number of ether oxygens (including phenoxy) is 3. The molecule has 0 saturated heterocycles. The SMILES string of the molecule is COCCCN1C(=O)C(O)=C(C(=O)C=Cc2ccccc2)C1c1ccc(OC)c(OC)c1. The molecule has 0 aliphatic carbocycles. The van der Waals surface area contributed by atoms with Crippen LogP contribution >= 0.6 is 0 Å². The molecule has 0 aromatic heterocycles. The fourth-order valence-electron chi connectivity index (χ4n) is 3.71. The van der Waals surface area contributed by atoms with E-state index in [1.165, 1.54) is 25.2 Å². The van der Waals surface area contributed by atoms with Crippen LogP contribution in [0, 0.1) is 0 Å². The summed E-state index contributed by atoms with van der Waals surface area (Å²) in [4.78, 5) is 27.5. The highest BCUT2D eigenvalue weighted by molar-refractivity contribution is 6.14. The molecule has 0 spiro atoms. The number of nitrogens with zero attached hydrogens (tertiary/aromatic N) is 1. The number of aliphatic hydroxyl groups excluding tert-OH is 1. The van der Waals surface area contributed by atoms with Crippen molar-refractivity contribution in [1.82, 2.24) is 4.90 Å². The summed E-state index contributed by atoms with van der Waals surface area (Å²) < 4.78 is 15.8. The van der Waals surface area contributed by atoms with Gasteiger partial charge < -0.3 is 24.2 Å². The zero-order chi connectivity index (χ0) is 23.1. The van der Waals surface area contributed by atoms with Crippen molar-refractivity contribution in [1.29, 1.82) is 0 Å². The molecule has 1 atom stereocenters. The first-order valence-corrected chi connectivity index (χ1v) is 10.2. The average molecular weight is 437 g/mol. The minimum atomic E-state index is -0.757. The predicted octanol–water partition coefficient (Wildman–Crippen LogP) is 3.72. The van der Waals surface area contributed by atoms with Crippen molar-refractivity contribution in [2.24, 2.45) is 0 Å². The van der Waals surface area contributed by atoms with Crippen LogP contribution in [0.5, 0.6) is 11.5 Å². The van der Waals surface area contributed by atoms with Crippen molar-refractivity contribution in [3.63, 3.8) is 0 Å². The number of allylic oxidation sites excluding steroid dienone is 1. The third kappa shape index (κ3) is 4.84. The summed E-state index contributed by atoms with van der Waals surface area (Å²) in [6.07, 6.45) is 3.59. The van der Waals surface area contributed by atoms with Crippen LogP contribution in [0.3, 0.4) is 0 Å². The Morgan fingerprint density at radius 2 is 1.78 bits per heavy atom. The Morgan fingerprint density at radius 3 is 2.44 bits per heavy atom. The highest BCUT2D eigenvalue weighted by Gasteiger charge is 2.42. The van der Waals surface area contributed by atoms with Crippen LogP contribution in [-0.4, -0.2) is 56.2 Å². The molecule has 1 aliphatic rings. The van der Waals surface area contributed by atoms with Gasteiger partial charge in [-0.15, -0.1) is 0 Å². The van der Waals surface area contributed by atoms with E-state index in [0.29, 0.717) is 36.6 Å². The molecule has 168 valence electrons. The summed E-state index contributed by atoms with van der Waals surface area (Å²) in [5.41, 5.74) is 1.51. The number of carbonyl (C=O) groups is 2. The van der Waals surface area contributed by atoms with E-state index < -0.39 is 23.5 Å². The van der Waals surface area contributed by atoms with Gasteiger partial charge in [-0.2, -0.15) is 0 Å². The summed E-state index contributed by atoms with van der Waals surface area (Å²) in [7, 11) is 4.62. The van der Waals surface area contributed by atoms with Crippen LogP contribution in [0.2, 0.25) is 0 Å². The van der Waals surface area contributed by atoms with Gasteiger partial charge in [-0.1, -0.05) is 42.5 Å². The zero-order valence-electron chi connectivity index (χ0n) is 18.4. The molecule has 1 heterocycles. The van der Waals surface area contributed by atoms with Gasteiger partial charge in [0.1, 0.15) is 0 Å². The molecular weight excluding hydrogens is 410 g/mol. The normalized spacial score (nSPS) is 16.2. The van der Waals surface area contributed by atoms with Crippen molar-refractivity contribution in [3.05, 3.63) is 77.1 Å². The molecular formula is C25H27NO6. The number of hydrogen-bond donors (Lipinski definition) is 1. The molecule has 2 aromatic carbocycles. The molecule has 2 aromatic rings. The molecule has 7 heteroatoms. The monoisotopic (exact) mass is 437 g/mol. The number of amides is 1. The number of methoxy groups -OCH3 is 3. The molecule has 0 saturated carbocycles. The van der Waals surface area contributed by atoms with Crippen LogP contribution in [-0.2, 0) is 14.3 Å². The number of carbonyl (C=O) groups excluding carboxylic acids is 2. The summed E-state index contributed by atoms with van der Waals surface area (Å²) in [6.45, 7) is 0.759. The maximum absolute atomic E-state index is 13.1. The smallest absolute Gasteiger partial charge is 0.290 e. The Morgan fingerprint density at radius 1 is 1.06 bits per heavy atom. The molecule has 32 heavy (non-hydrogen) atoms. The molecule has 1 unspecified atom stereocenters. The van der Waals surface area contributed by atoms with E-state index in [0.717, 1.165) is 5.56 Å². The number of benzene rings is 2. The van der Waals surface area contributed by atoms with E-state index in [4.69, 9.17) is 14.2 Å². The van der Waals surface area contributed by atoms with Gasteiger partial charge in [-0.05, 0) is 35.8 Å². The first kappa shape index (κ1) is 23.1. The van der Waals surface area contributed by atoms with E-state index in [9.17, 15) is 14.7 Å². The van der Waals surface area contributed by atoms with Crippen LogP contribution in [0.25, 0.3) is 6.08 Å². The molecule has 1 aliphatic heterocycles. The van der Waals surface area contributed by atoms with Crippen molar-refractivity contribution < 1.29 is 28.9 Å². The fraction of sp³-hybridized carbons (Fsp3) is 0.280. The van der Waals surface area contributed by atoms with Crippen molar-refractivity contribution in [2.75, 3.05) is 34.5 Å². The summed E-state index contributed by atoms with van der Waals surface area (Å²) in [5, 5.41) is 10.7. The lowest BCUT2D eigenvalue weighted by molar-refractivity contribution is -0.129. The topological polar surface area (TPSA) is 85.3 Å². The van der Waals surface area contributed by atoms with Gasteiger partial charge in [0, 0.05) is 20.3 Å². The van der Waals surface area contributed by atoms with Gasteiger partial charge in [0.05, 0.1) is 25.8 Å². The molecule has 0 radical (unpaired) electrons. The highest BCUT2D eigenvalue weighted by atomic mass is 16.5. The van der Waals surface area contributed by atoms with Crippen molar-refractivity contribution >= 4 is 17.8 Å². The maximum Gasteiger partial charge on any atom is 0.290 e. The van der Waals surface area contributed by atoms with Gasteiger partial charge in [-0.25, -0.2) is 0 Å². The van der Waals surface area contributed by atoms with E-state index in [1.54, 1.807) is 31.4 Å². The Balaban J connectivity index is 2.01. The van der Waals surface area contributed by atoms with Crippen LogP contribution < -0.4 is 9.47 Å². The number of ketones is 1. The minimum absolute atomic E-state index is 0.0341. The third-order valence-electron chi connectivity index (χ3n) is 5.27.